The van der Waals surface area contributed by atoms with E-state index in [0.29, 0.717) is 12.2 Å². The SMILES string of the molecule is CCOc1cc(C=Nc2cccc(C)c2C)cc(Cl)c1OS(=O)(=O)c1ccc(C)cc1. The summed E-state index contributed by atoms with van der Waals surface area (Å²) in [6.45, 7) is 8.02. The van der Waals surface area contributed by atoms with Crippen LogP contribution in [0.1, 0.15) is 29.2 Å². The highest BCUT2D eigenvalue weighted by molar-refractivity contribution is 7.87. The van der Waals surface area contributed by atoms with Gasteiger partial charge in [-0.25, -0.2) is 0 Å². The van der Waals surface area contributed by atoms with E-state index in [2.05, 4.69) is 4.99 Å². The maximum Gasteiger partial charge on any atom is 0.339 e. The third-order valence-electron chi connectivity index (χ3n) is 4.76. The molecule has 0 saturated heterocycles. The van der Waals surface area contributed by atoms with Gasteiger partial charge in [-0.1, -0.05) is 41.4 Å². The van der Waals surface area contributed by atoms with Gasteiger partial charge in [-0.05, 0) is 74.7 Å². The number of rotatable bonds is 7. The predicted molar refractivity (Wildman–Crippen MR) is 125 cm³/mol. The summed E-state index contributed by atoms with van der Waals surface area (Å²) in [5, 5.41) is 0.115. The third-order valence-corrected chi connectivity index (χ3v) is 6.28. The van der Waals surface area contributed by atoms with Gasteiger partial charge in [0.2, 0.25) is 5.75 Å². The summed E-state index contributed by atoms with van der Waals surface area (Å²) in [6, 6.07) is 15.5. The molecule has 162 valence electrons. The quantitative estimate of drug-likeness (QED) is 0.313. The Morgan fingerprint density at radius 3 is 2.42 bits per heavy atom. The van der Waals surface area contributed by atoms with E-state index in [1.807, 2.05) is 39.0 Å². The van der Waals surface area contributed by atoms with Gasteiger partial charge in [0.15, 0.2) is 5.75 Å². The highest BCUT2D eigenvalue weighted by Crippen LogP contribution is 2.38. The number of nitrogens with zero attached hydrogens (tertiary/aromatic N) is 1. The fraction of sp³-hybridized carbons (Fsp3) is 0.208. The molecule has 0 fully saturated rings. The van der Waals surface area contributed by atoms with Crippen molar-refractivity contribution in [3.63, 3.8) is 0 Å². The molecule has 0 saturated carbocycles. The van der Waals surface area contributed by atoms with Crippen LogP contribution in [0.3, 0.4) is 0 Å². The molecule has 0 N–H and O–H groups in total. The van der Waals surface area contributed by atoms with Crippen LogP contribution in [0.15, 0.2) is 64.5 Å². The van der Waals surface area contributed by atoms with E-state index in [1.54, 1.807) is 37.4 Å². The molecule has 3 aromatic carbocycles. The normalized spacial score (nSPS) is 11.6. The second-order valence-corrected chi connectivity index (χ2v) is 9.04. The van der Waals surface area contributed by atoms with Crippen LogP contribution < -0.4 is 8.92 Å². The van der Waals surface area contributed by atoms with Gasteiger partial charge in [0, 0.05) is 6.21 Å². The van der Waals surface area contributed by atoms with E-state index in [4.69, 9.17) is 20.5 Å². The number of ether oxygens (including phenoxy) is 1. The second-order valence-electron chi connectivity index (χ2n) is 7.09. The zero-order valence-corrected chi connectivity index (χ0v) is 19.4. The first kappa shape index (κ1) is 22.8. The zero-order valence-electron chi connectivity index (χ0n) is 17.8. The fourth-order valence-electron chi connectivity index (χ4n) is 2.89. The van der Waals surface area contributed by atoms with E-state index >= 15 is 0 Å². The Hall–Kier alpha value is -2.83. The topological polar surface area (TPSA) is 65.0 Å². The van der Waals surface area contributed by atoms with Crippen molar-refractivity contribution >= 4 is 33.6 Å². The van der Waals surface area contributed by atoms with Gasteiger partial charge in [0.1, 0.15) is 4.90 Å². The van der Waals surface area contributed by atoms with Crippen molar-refractivity contribution in [2.24, 2.45) is 4.99 Å². The number of hydrogen-bond donors (Lipinski definition) is 0. The van der Waals surface area contributed by atoms with Crippen LogP contribution >= 0.6 is 11.6 Å². The van der Waals surface area contributed by atoms with E-state index in [9.17, 15) is 8.42 Å². The monoisotopic (exact) mass is 457 g/mol. The molecular formula is C24H24ClNO4S. The number of aliphatic imine (C=N–C) groups is 1. The van der Waals surface area contributed by atoms with E-state index in [0.717, 1.165) is 22.4 Å². The highest BCUT2D eigenvalue weighted by atomic mass is 35.5. The molecule has 7 heteroatoms. The predicted octanol–water partition coefficient (Wildman–Crippen LogP) is 6.18. The molecule has 0 spiro atoms. The van der Waals surface area contributed by atoms with Crippen molar-refractivity contribution in [1.29, 1.82) is 0 Å². The summed E-state index contributed by atoms with van der Waals surface area (Å²) < 4.78 is 36.4. The average Bonchev–Trinajstić information content (AvgIpc) is 2.72. The number of halogens is 1. The standard InChI is InChI=1S/C24H24ClNO4S/c1-5-29-23-14-19(15-26-22-8-6-7-17(3)18(22)4)13-21(25)24(23)30-31(27,28)20-11-9-16(2)10-12-20/h6-15H,5H2,1-4H3. The molecule has 0 bridgehead atoms. The van der Waals surface area contributed by atoms with Crippen molar-refractivity contribution < 1.29 is 17.3 Å². The van der Waals surface area contributed by atoms with Crippen LogP contribution in [0.25, 0.3) is 0 Å². The Balaban J connectivity index is 1.96. The van der Waals surface area contributed by atoms with Crippen LogP contribution in [0, 0.1) is 20.8 Å². The van der Waals surface area contributed by atoms with Crippen LogP contribution in [-0.2, 0) is 10.1 Å². The maximum atomic E-state index is 12.7. The molecule has 0 aliphatic heterocycles. The van der Waals surface area contributed by atoms with Crippen LogP contribution in [0.4, 0.5) is 5.69 Å². The molecule has 0 aliphatic rings. The summed E-state index contributed by atoms with van der Waals surface area (Å²) in [6.07, 6.45) is 1.66. The smallest absolute Gasteiger partial charge is 0.339 e. The lowest BCUT2D eigenvalue weighted by atomic mass is 10.1. The average molecular weight is 458 g/mol. The Labute approximate surface area is 188 Å². The van der Waals surface area contributed by atoms with Crippen molar-refractivity contribution in [2.45, 2.75) is 32.6 Å². The third kappa shape index (κ3) is 5.46. The van der Waals surface area contributed by atoms with Gasteiger partial charge in [-0.15, -0.1) is 0 Å². The maximum absolute atomic E-state index is 12.7. The number of hydrogen-bond acceptors (Lipinski definition) is 5. The first-order chi connectivity index (χ1) is 14.7. The Morgan fingerprint density at radius 2 is 1.74 bits per heavy atom. The Morgan fingerprint density at radius 1 is 1.03 bits per heavy atom. The summed E-state index contributed by atoms with van der Waals surface area (Å²) in [4.78, 5) is 4.58. The zero-order chi connectivity index (χ0) is 22.6. The van der Waals surface area contributed by atoms with E-state index < -0.39 is 10.1 Å². The van der Waals surface area contributed by atoms with E-state index in [-0.39, 0.29) is 21.4 Å². The van der Waals surface area contributed by atoms with Crippen molar-refractivity contribution in [3.8, 4) is 11.5 Å². The Kier molecular flexibility index (Phi) is 7.03. The number of benzene rings is 3. The Bertz CT molecular complexity index is 1220. The minimum absolute atomic E-state index is 0.0391. The van der Waals surface area contributed by atoms with Crippen LogP contribution in [-0.4, -0.2) is 21.2 Å². The summed E-state index contributed by atoms with van der Waals surface area (Å²) in [5.41, 5.74) is 4.68. The molecule has 0 radical (unpaired) electrons. The summed E-state index contributed by atoms with van der Waals surface area (Å²) in [5.74, 6) is 0.182. The molecule has 0 unspecified atom stereocenters. The van der Waals surface area contributed by atoms with Gasteiger partial charge in [-0.3, -0.25) is 4.99 Å². The molecule has 5 nitrogen and oxygen atoms in total. The summed E-state index contributed by atoms with van der Waals surface area (Å²) in [7, 11) is -4.07. The number of aryl methyl sites for hydroxylation is 2. The molecule has 0 atom stereocenters. The van der Waals surface area contributed by atoms with Gasteiger partial charge in [-0.2, -0.15) is 8.42 Å². The molecule has 0 aromatic heterocycles. The molecule has 0 aliphatic carbocycles. The fourth-order valence-corrected chi connectivity index (χ4v) is 4.15. The van der Waals surface area contributed by atoms with Crippen molar-refractivity contribution in [3.05, 3.63) is 81.9 Å². The minimum atomic E-state index is -4.07. The van der Waals surface area contributed by atoms with Gasteiger partial charge >= 0.3 is 10.1 Å². The molecule has 0 heterocycles. The van der Waals surface area contributed by atoms with Crippen molar-refractivity contribution in [1.82, 2.24) is 0 Å². The van der Waals surface area contributed by atoms with Gasteiger partial charge in [0.05, 0.1) is 17.3 Å². The van der Waals surface area contributed by atoms with E-state index in [1.165, 1.54) is 12.1 Å². The lowest BCUT2D eigenvalue weighted by Crippen LogP contribution is -2.11. The molecule has 3 aromatic rings. The minimum Gasteiger partial charge on any atom is -0.490 e. The molecule has 0 amide bonds. The molecular weight excluding hydrogens is 434 g/mol. The first-order valence-corrected chi connectivity index (χ1v) is 11.6. The molecule has 31 heavy (non-hydrogen) atoms. The first-order valence-electron chi connectivity index (χ1n) is 9.79. The lowest BCUT2D eigenvalue weighted by molar-refractivity contribution is 0.327. The van der Waals surface area contributed by atoms with Crippen molar-refractivity contribution in [2.75, 3.05) is 6.61 Å². The summed E-state index contributed by atoms with van der Waals surface area (Å²) >= 11 is 6.40. The van der Waals surface area contributed by atoms with Crippen LogP contribution in [0.2, 0.25) is 5.02 Å². The van der Waals surface area contributed by atoms with Gasteiger partial charge in [0.25, 0.3) is 0 Å². The highest BCUT2D eigenvalue weighted by Gasteiger charge is 2.22. The lowest BCUT2D eigenvalue weighted by Gasteiger charge is -2.14. The van der Waals surface area contributed by atoms with Crippen LogP contribution in [0.5, 0.6) is 11.5 Å². The van der Waals surface area contributed by atoms with Gasteiger partial charge < -0.3 is 8.92 Å². The molecule has 3 rings (SSSR count). The largest absolute Gasteiger partial charge is 0.490 e. The second kappa shape index (κ2) is 9.54.